The second kappa shape index (κ2) is 15.1. The van der Waals surface area contributed by atoms with Crippen LogP contribution in [-0.4, -0.2) is 0 Å². The van der Waals surface area contributed by atoms with Crippen LogP contribution < -0.4 is 4.90 Å². The molecule has 0 amide bonds. The van der Waals surface area contributed by atoms with Crippen molar-refractivity contribution in [2.45, 2.75) is 38.0 Å². The number of benzene rings is 11. The van der Waals surface area contributed by atoms with Crippen LogP contribution in [0.3, 0.4) is 0 Å². The first-order valence-electron chi connectivity index (χ1n) is 24.5. The van der Waals surface area contributed by atoms with Gasteiger partial charge in [0.1, 0.15) is 11.2 Å². The van der Waals surface area contributed by atoms with Crippen molar-refractivity contribution in [2.24, 2.45) is 0 Å². The molecule has 1 aliphatic carbocycles. The molecule has 14 aromatic rings. The highest BCUT2D eigenvalue weighted by Gasteiger charge is 2.33. The monoisotopic (exact) mass is 931 g/mol. The molecule has 1 atom stereocenters. The van der Waals surface area contributed by atoms with Crippen LogP contribution in [0, 0.1) is 0 Å². The van der Waals surface area contributed by atoms with Crippen molar-refractivity contribution in [1.82, 2.24) is 0 Å². The zero-order valence-corrected chi connectivity index (χ0v) is 40.4. The van der Waals surface area contributed by atoms with Crippen LogP contribution >= 0.6 is 22.7 Å². The van der Waals surface area contributed by atoms with Gasteiger partial charge in [-0.25, -0.2) is 0 Å². The number of rotatable bonds is 6. The zero-order valence-electron chi connectivity index (χ0n) is 38.8. The van der Waals surface area contributed by atoms with Crippen LogP contribution in [0.15, 0.2) is 211 Å². The Kier molecular flexibility index (Phi) is 8.67. The SMILES string of the molecule is CC1(C)CCc2c(N(c3ccccc3)c3ccc4c(c3)sc3ccc5ccccc5c34)ccc3c2c1cc1c2ccc([C@H](c4ccccc4)c4ccc5c(c4)sc4ccc6ccccc6c45)cc2oc31. The molecule has 0 N–H and O–H groups in total. The number of furan rings is 1. The Morgan fingerprint density at radius 1 is 0.443 bits per heavy atom. The van der Waals surface area contributed by atoms with Crippen molar-refractivity contribution in [3.63, 3.8) is 0 Å². The van der Waals surface area contributed by atoms with Gasteiger partial charge >= 0.3 is 0 Å². The van der Waals surface area contributed by atoms with Crippen LogP contribution in [-0.2, 0) is 11.8 Å². The normalized spacial score (nSPS) is 14.1. The first-order valence-corrected chi connectivity index (χ1v) is 26.1. The van der Waals surface area contributed by atoms with E-state index in [-0.39, 0.29) is 11.3 Å². The minimum absolute atomic E-state index is 0.0200. The number of thiophene rings is 2. The molecule has 0 spiro atoms. The van der Waals surface area contributed by atoms with Crippen molar-refractivity contribution >= 4 is 134 Å². The summed E-state index contributed by atoms with van der Waals surface area (Å²) < 4.78 is 12.5. The van der Waals surface area contributed by atoms with E-state index in [2.05, 4.69) is 225 Å². The molecule has 0 saturated heterocycles. The van der Waals surface area contributed by atoms with Crippen LogP contribution in [0.4, 0.5) is 17.1 Å². The summed E-state index contributed by atoms with van der Waals surface area (Å²) in [6.45, 7) is 4.86. The summed E-state index contributed by atoms with van der Waals surface area (Å²) in [4.78, 5) is 2.50. The number of hydrogen-bond donors (Lipinski definition) is 0. The number of fused-ring (bicyclic) bond motifs is 14. The molecule has 0 radical (unpaired) electrons. The van der Waals surface area contributed by atoms with Crippen LogP contribution in [0.1, 0.15) is 54.0 Å². The fourth-order valence-corrected chi connectivity index (χ4v) is 14.5. The van der Waals surface area contributed by atoms with Gasteiger partial charge in [-0.3, -0.25) is 0 Å². The molecule has 11 aromatic carbocycles. The molecule has 2 nitrogen and oxygen atoms in total. The lowest BCUT2D eigenvalue weighted by molar-refractivity contribution is 0.475. The lowest BCUT2D eigenvalue weighted by Gasteiger charge is -2.36. The minimum atomic E-state index is -0.0200. The summed E-state index contributed by atoms with van der Waals surface area (Å²) in [6.07, 6.45) is 2.03. The molecular weight excluding hydrogens is 887 g/mol. The highest BCUT2D eigenvalue weighted by Crippen LogP contribution is 2.52. The maximum Gasteiger partial charge on any atom is 0.143 e. The fourth-order valence-electron chi connectivity index (χ4n) is 12.2. The lowest BCUT2D eigenvalue weighted by atomic mass is 9.71. The molecule has 4 heteroatoms. The fraction of sp³-hybridized carbons (Fsp3) is 0.0909. The van der Waals surface area contributed by atoms with E-state index < -0.39 is 0 Å². The Hall–Kier alpha value is -7.76. The lowest BCUT2D eigenvalue weighted by Crippen LogP contribution is -2.24. The summed E-state index contributed by atoms with van der Waals surface area (Å²) in [6, 6.07) is 77.0. The maximum absolute atomic E-state index is 7.19. The molecule has 3 aromatic heterocycles. The van der Waals surface area contributed by atoms with E-state index in [1.54, 1.807) is 0 Å². The summed E-state index contributed by atoms with van der Waals surface area (Å²) in [7, 11) is 0. The van der Waals surface area contributed by atoms with Gasteiger partial charge in [-0.15, -0.1) is 22.7 Å². The number of nitrogens with zero attached hydrogens (tertiary/aromatic N) is 1. The molecule has 332 valence electrons. The highest BCUT2D eigenvalue weighted by atomic mass is 32.1. The molecule has 0 fully saturated rings. The van der Waals surface area contributed by atoms with Gasteiger partial charge in [-0.1, -0.05) is 153 Å². The molecular formula is C66H45NOS2. The van der Waals surface area contributed by atoms with Gasteiger partial charge in [-0.05, 0) is 140 Å². The quantitative estimate of drug-likeness (QED) is 0.155. The van der Waals surface area contributed by atoms with Gasteiger partial charge in [0.2, 0.25) is 0 Å². The van der Waals surface area contributed by atoms with Gasteiger partial charge in [0.05, 0.1) is 0 Å². The van der Waals surface area contributed by atoms with E-state index in [4.69, 9.17) is 4.42 Å². The zero-order chi connectivity index (χ0) is 46.2. The van der Waals surface area contributed by atoms with E-state index in [0.717, 1.165) is 35.1 Å². The Morgan fingerprint density at radius 2 is 1.04 bits per heavy atom. The first kappa shape index (κ1) is 40.2. The largest absolute Gasteiger partial charge is 0.455 e. The molecule has 0 bridgehead atoms. The van der Waals surface area contributed by atoms with Gasteiger partial charge in [0.15, 0.2) is 0 Å². The second-order valence-corrected chi connectivity index (χ2v) is 22.2. The van der Waals surface area contributed by atoms with Crippen LogP contribution in [0.25, 0.3) is 94.6 Å². The Labute approximate surface area is 413 Å². The third-order valence-corrected chi connectivity index (χ3v) is 17.9. The number of para-hydroxylation sites is 1. The van der Waals surface area contributed by atoms with E-state index in [9.17, 15) is 0 Å². The minimum Gasteiger partial charge on any atom is -0.455 e. The van der Waals surface area contributed by atoms with Crippen molar-refractivity contribution in [2.75, 3.05) is 4.90 Å². The molecule has 3 heterocycles. The maximum atomic E-state index is 7.19. The number of hydrogen-bond acceptors (Lipinski definition) is 4. The molecule has 0 unspecified atom stereocenters. The van der Waals surface area contributed by atoms with E-state index in [1.165, 1.54) is 117 Å². The van der Waals surface area contributed by atoms with Gasteiger partial charge in [0, 0.05) is 79.5 Å². The summed E-state index contributed by atoms with van der Waals surface area (Å²) >= 11 is 3.78. The average molecular weight is 932 g/mol. The smallest absolute Gasteiger partial charge is 0.143 e. The topological polar surface area (TPSA) is 16.4 Å². The third-order valence-electron chi connectivity index (χ3n) is 15.6. The third kappa shape index (κ3) is 5.97. The molecule has 15 rings (SSSR count). The van der Waals surface area contributed by atoms with E-state index in [1.807, 2.05) is 22.7 Å². The Balaban J connectivity index is 0.896. The standard InChI is InChI=1S/C66H45NOS2/c1-66(2)34-33-49-55(67(44-17-7-4-8-18-44)45-25-28-51-60(37-45)70-58-32-24-40-14-10-12-20-47(40)64(51)58)30-29-52-62(49)54(66)38-53-48-26-21-42(35-56(48)68-65(52)53)61(41-15-5-3-6-16-41)43-22-27-50-59(36-43)69-57-31-23-39-13-9-11-19-46(39)63(50)57/h3-32,35-38,61H,33-34H2,1-2H3/t61-/m0/s1. The van der Waals surface area contributed by atoms with Crippen molar-refractivity contribution in [3.05, 3.63) is 234 Å². The predicted molar refractivity (Wildman–Crippen MR) is 302 cm³/mol. The summed E-state index contributed by atoms with van der Waals surface area (Å²) in [5, 5.41) is 15.4. The number of aryl methyl sites for hydroxylation is 1. The second-order valence-electron chi connectivity index (χ2n) is 20.0. The molecule has 1 aliphatic rings. The van der Waals surface area contributed by atoms with Crippen LogP contribution in [0.2, 0.25) is 0 Å². The molecule has 0 saturated carbocycles. The van der Waals surface area contributed by atoms with Gasteiger partial charge in [-0.2, -0.15) is 0 Å². The van der Waals surface area contributed by atoms with Crippen LogP contribution in [0.5, 0.6) is 0 Å². The summed E-state index contributed by atoms with van der Waals surface area (Å²) in [5.41, 5.74) is 12.0. The number of anilines is 3. The van der Waals surface area contributed by atoms with Gasteiger partial charge in [0.25, 0.3) is 0 Å². The van der Waals surface area contributed by atoms with Crippen molar-refractivity contribution in [3.8, 4) is 0 Å². The molecule has 0 aliphatic heterocycles. The Bertz CT molecular complexity index is 4460. The van der Waals surface area contributed by atoms with E-state index >= 15 is 0 Å². The van der Waals surface area contributed by atoms with Crippen molar-refractivity contribution < 1.29 is 4.42 Å². The Morgan fingerprint density at radius 3 is 1.76 bits per heavy atom. The first-order chi connectivity index (χ1) is 34.4. The van der Waals surface area contributed by atoms with Gasteiger partial charge < -0.3 is 9.32 Å². The highest BCUT2D eigenvalue weighted by molar-refractivity contribution is 7.26. The average Bonchev–Trinajstić information content (AvgIpc) is 4.10. The predicted octanol–water partition coefficient (Wildman–Crippen LogP) is 19.7. The molecule has 70 heavy (non-hydrogen) atoms. The van der Waals surface area contributed by atoms with Crippen molar-refractivity contribution in [1.29, 1.82) is 0 Å². The van der Waals surface area contributed by atoms with E-state index in [0.29, 0.717) is 0 Å². The summed E-state index contributed by atoms with van der Waals surface area (Å²) in [5.74, 6) is 0.0303.